The molecule has 1 aromatic carbocycles. The number of ether oxygens (including phenoxy) is 2. The molecule has 0 aliphatic heterocycles. The van der Waals surface area contributed by atoms with Crippen molar-refractivity contribution in [3.8, 4) is 5.75 Å². The molecule has 1 rings (SSSR count). The number of carbonyl (C=O) groups excluding carboxylic acids is 1. The maximum absolute atomic E-state index is 13.1. The standard InChI is InChI=1S/C10H5BrF6O3/c11-6-3-5(4-18)1-2-7(6)19-9(13,14)8(12)20-10(15,16)17/h1-4,8H/t8-/m1/s1. The minimum Gasteiger partial charge on any atom is -0.427 e. The van der Waals surface area contributed by atoms with Gasteiger partial charge in [-0.05, 0) is 34.1 Å². The van der Waals surface area contributed by atoms with Gasteiger partial charge in [-0.2, -0.15) is 8.78 Å². The first kappa shape index (κ1) is 16.8. The third kappa shape index (κ3) is 4.67. The van der Waals surface area contributed by atoms with E-state index in [0.717, 1.165) is 18.2 Å². The van der Waals surface area contributed by atoms with Gasteiger partial charge in [0.2, 0.25) is 0 Å². The third-order valence-electron chi connectivity index (χ3n) is 1.84. The molecule has 10 heteroatoms. The molecule has 0 fully saturated rings. The summed E-state index contributed by atoms with van der Waals surface area (Å²) in [4.78, 5) is 10.4. The Hall–Kier alpha value is -1.29. The molecule has 0 saturated carbocycles. The monoisotopic (exact) mass is 366 g/mol. The molecule has 0 amide bonds. The topological polar surface area (TPSA) is 35.5 Å². The van der Waals surface area contributed by atoms with Gasteiger partial charge in [0, 0.05) is 5.56 Å². The lowest BCUT2D eigenvalue weighted by molar-refractivity contribution is -0.411. The van der Waals surface area contributed by atoms with Gasteiger partial charge in [0.1, 0.15) is 12.0 Å². The van der Waals surface area contributed by atoms with Crippen molar-refractivity contribution in [1.29, 1.82) is 0 Å². The molecule has 1 atom stereocenters. The average molecular weight is 367 g/mol. The summed E-state index contributed by atoms with van der Waals surface area (Å²) in [7, 11) is 0. The lowest BCUT2D eigenvalue weighted by atomic mass is 10.2. The molecule has 0 bridgehead atoms. The van der Waals surface area contributed by atoms with Crippen LogP contribution in [0.15, 0.2) is 22.7 Å². The second-order valence-corrected chi connectivity index (χ2v) is 4.21. The highest BCUT2D eigenvalue weighted by atomic mass is 79.9. The van der Waals surface area contributed by atoms with Crippen LogP contribution >= 0.6 is 15.9 Å². The van der Waals surface area contributed by atoms with Crippen LogP contribution in [-0.2, 0) is 4.74 Å². The molecular formula is C10H5BrF6O3. The summed E-state index contributed by atoms with van der Waals surface area (Å²) < 4.78 is 80.1. The Bertz CT molecular complexity index is 490. The summed E-state index contributed by atoms with van der Waals surface area (Å²) >= 11 is 2.75. The molecule has 1 aromatic rings. The minimum atomic E-state index is -5.58. The smallest absolute Gasteiger partial charge is 0.427 e. The molecule has 0 spiro atoms. The van der Waals surface area contributed by atoms with E-state index in [9.17, 15) is 31.1 Å². The zero-order valence-electron chi connectivity index (χ0n) is 9.26. The lowest BCUT2D eigenvalue weighted by Crippen LogP contribution is -2.41. The fourth-order valence-electron chi connectivity index (χ4n) is 1.05. The molecule has 112 valence electrons. The highest BCUT2D eigenvalue weighted by Gasteiger charge is 2.50. The molecule has 0 aliphatic rings. The molecule has 0 aliphatic carbocycles. The normalized spacial score (nSPS) is 13.9. The predicted octanol–water partition coefficient (Wildman–Crippen LogP) is 4.07. The first-order valence-corrected chi connectivity index (χ1v) is 5.54. The summed E-state index contributed by atoms with van der Waals surface area (Å²) in [6.45, 7) is 0. The molecule has 0 N–H and O–H groups in total. The van der Waals surface area contributed by atoms with E-state index in [-0.39, 0.29) is 10.0 Å². The fraction of sp³-hybridized carbons (Fsp3) is 0.300. The lowest BCUT2D eigenvalue weighted by Gasteiger charge is -2.22. The third-order valence-corrected chi connectivity index (χ3v) is 2.46. The van der Waals surface area contributed by atoms with Crippen LogP contribution in [-0.4, -0.2) is 25.1 Å². The van der Waals surface area contributed by atoms with Crippen LogP contribution in [0.4, 0.5) is 26.3 Å². The van der Waals surface area contributed by atoms with Crippen LogP contribution in [0.3, 0.4) is 0 Å². The van der Waals surface area contributed by atoms with Gasteiger partial charge < -0.3 is 4.74 Å². The summed E-state index contributed by atoms with van der Waals surface area (Å²) in [5, 5.41) is 0. The number of hydrogen-bond donors (Lipinski definition) is 0. The average Bonchev–Trinajstić information content (AvgIpc) is 2.29. The molecular weight excluding hydrogens is 362 g/mol. The number of alkyl halides is 6. The number of halogens is 7. The number of carbonyl (C=O) groups is 1. The Morgan fingerprint density at radius 3 is 2.25 bits per heavy atom. The van der Waals surface area contributed by atoms with Crippen LogP contribution in [0.1, 0.15) is 10.4 Å². The van der Waals surface area contributed by atoms with Crippen LogP contribution in [0, 0.1) is 0 Å². The highest BCUT2D eigenvalue weighted by molar-refractivity contribution is 9.10. The first-order valence-electron chi connectivity index (χ1n) is 4.75. The van der Waals surface area contributed by atoms with E-state index in [4.69, 9.17) is 0 Å². The maximum Gasteiger partial charge on any atom is 0.525 e. The summed E-state index contributed by atoms with van der Waals surface area (Å²) in [6.07, 6.45) is -14.1. The quantitative estimate of drug-likeness (QED) is 0.582. The molecule has 0 saturated heterocycles. The van der Waals surface area contributed by atoms with Crippen molar-refractivity contribution in [1.82, 2.24) is 0 Å². The molecule has 0 aromatic heterocycles. The van der Waals surface area contributed by atoms with Gasteiger partial charge in [-0.25, -0.2) is 9.13 Å². The van der Waals surface area contributed by atoms with Crippen LogP contribution in [0.25, 0.3) is 0 Å². The van der Waals surface area contributed by atoms with Crippen molar-refractivity contribution in [2.75, 3.05) is 0 Å². The Balaban J connectivity index is 2.87. The number of benzene rings is 1. The van der Waals surface area contributed by atoms with Crippen LogP contribution in [0.2, 0.25) is 0 Å². The van der Waals surface area contributed by atoms with Gasteiger partial charge in [0.25, 0.3) is 0 Å². The van der Waals surface area contributed by atoms with Crippen LogP contribution in [0.5, 0.6) is 5.75 Å². The van der Waals surface area contributed by atoms with Crippen LogP contribution < -0.4 is 4.74 Å². The molecule has 20 heavy (non-hydrogen) atoms. The zero-order chi connectivity index (χ0) is 15.6. The van der Waals surface area contributed by atoms with Gasteiger partial charge in [-0.15, -0.1) is 13.2 Å². The van der Waals surface area contributed by atoms with Gasteiger partial charge in [0.05, 0.1) is 4.47 Å². The van der Waals surface area contributed by atoms with Crippen molar-refractivity contribution < 1.29 is 40.6 Å². The molecule has 3 nitrogen and oxygen atoms in total. The predicted molar refractivity (Wildman–Crippen MR) is 57.1 cm³/mol. The van der Waals surface area contributed by atoms with E-state index in [2.05, 4.69) is 25.4 Å². The summed E-state index contributed by atoms with van der Waals surface area (Å²) in [6, 6.07) is 2.99. The van der Waals surface area contributed by atoms with Gasteiger partial charge >= 0.3 is 18.8 Å². The van der Waals surface area contributed by atoms with Crippen molar-refractivity contribution in [3.05, 3.63) is 28.2 Å². The molecule has 0 heterocycles. The van der Waals surface area contributed by atoms with E-state index in [1.54, 1.807) is 0 Å². The Labute approximate surface area is 116 Å². The second kappa shape index (κ2) is 6.00. The molecule has 0 radical (unpaired) electrons. The van der Waals surface area contributed by atoms with Gasteiger partial charge in [0.15, 0.2) is 0 Å². The highest BCUT2D eigenvalue weighted by Crippen LogP contribution is 2.35. The van der Waals surface area contributed by atoms with E-state index < -0.39 is 24.6 Å². The van der Waals surface area contributed by atoms with E-state index in [0.29, 0.717) is 6.29 Å². The number of hydrogen-bond acceptors (Lipinski definition) is 3. The van der Waals surface area contributed by atoms with E-state index >= 15 is 0 Å². The molecule has 0 unspecified atom stereocenters. The Kier molecular flexibility index (Phi) is 5.03. The zero-order valence-corrected chi connectivity index (χ0v) is 10.8. The second-order valence-electron chi connectivity index (χ2n) is 3.35. The Morgan fingerprint density at radius 2 is 1.80 bits per heavy atom. The number of rotatable bonds is 5. The van der Waals surface area contributed by atoms with Crippen molar-refractivity contribution in [2.24, 2.45) is 0 Å². The summed E-state index contributed by atoms with van der Waals surface area (Å²) in [5.74, 6) is -0.658. The van der Waals surface area contributed by atoms with Gasteiger partial charge in [-0.1, -0.05) is 0 Å². The first-order chi connectivity index (χ1) is 9.05. The fourth-order valence-corrected chi connectivity index (χ4v) is 1.53. The van der Waals surface area contributed by atoms with Crippen molar-refractivity contribution in [3.63, 3.8) is 0 Å². The van der Waals surface area contributed by atoms with E-state index in [1.807, 2.05) is 0 Å². The largest absolute Gasteiger partial charge is 0.525 e. The number of aldehydes is 1. The Morgan fingerprint density at radius 1 is 1.20 bits per heavy atom. The minimum absolute atomic E-state index is 0.0934. The van der Waals surface area contributed by atoms with Crippen molar-refractivity contribution in [2.45, 2.75) is 18.8 Å². The maximum atomic E-state index is 13.1. The SMILES string of the molecule is O=Cc1ccc(OC(F)(F)[C@H](F)OC(F)(F)F)c(Br)c1. The van der Waals surface area contributed by atoms with Gasteiger partial charge in [-0.3, -0.25) is 4.79 Å². The summed E-state index contributed by atoms with van der Waals surface area (Å²) in [5.41, 5.74) is 0.0934. The van der Waals surface area contributed by atoms with E-state index in [1.165, 1.54) is 0 Å². The van der Waals surface area contributed by atoms with Crippen molar-refractivity contribution >= 4 is 22.2 Å².